The molecule has 166 valence electrons. The van der Waals surface area contributed by atoms with E-state index in [0.717, 1.165) is 16.7 Å². The fraction of sp³-hybridized carbons (Fsp3) is 0. The maximum Gasteiger partial charge on any atom is 0.123 e. The third-order valence-electron chi connectivity index (χ3n) is 6.56. The van der Waals surface area contributed by atoms with Crippen molar-refractivity contribution in [3.8, 4) is 44.5 Å². The van der Waals surface area contributed by atoms with E-state index in [1.807, 2.05) is 12.1 Å². The van der Waals surface area contributed by atoms with Crippen molar-refractivity contribution in [1.29, 1.82) is 0 Å². The van der Waals surface area contributed by atoms with E-state index in [0.29, 0.717) is 0 Å². The second-order valence-corrected chi connectivity index (χ2v) is 8.80. The van der Waals surface area contributed by atoms with Crippen LogP contribution in [0.1, 0.15) is 0 Å². The molecule has 0 bridgehead atoms. The molecule has 6 aromatic carbocycles. The maximum absolute atomic E-state index is 13.2. The Morgan fingerprint density at radius 2 is 0.686 bits per heavy atom. The molecular formula is C34H23F. The molecule has 0 amide bonds. The van der Waals surface area contributed by atoms with E-state index in [4.69, 9.17) is 0 Å². The summed E-state index contributed by atoms with van der Waals surface area (Å²) in [6, 6.07) is 47.6. The van der Waals surface area contributed by atoms with Crippen LogP contribution in [0.15, 0.2) is 140 Å². The van der Waals surface area contributed by atoms with Crippen molar-refractivity contribution < 1.29 is 4.39 Å². The predicted molar refractivity (Wildman–Crippen MR) is 146 cm³/mol. The molecule has 0 atom stereocenters. The van der Waals surface area contributed by atoms with Gasteiger partial charge in [-0.05, 0) is 79.5 Å². The Labute approximate surface area is 205 Å². The van der Waals surface area contributed by atoms with Gasteiger partial charge in [-0.1, -0.05) is 115 Å². The third-order valence-corrected chi connectivity index (χ3v) is 6.56. The average Bonchev–Trinajstić information content (AvgIpc) is 2.93. The first kappa shape index (κ1) is 21.1. The van der Waals surface area contributed by atoms with Crippen LogP contribution in [-0.4, -0.2) is 0 Å². The van der Waals surface area contributed by atoms with E-state index >= 15 is 0 Å². The topological polar surface area (TPSA) is 0 Å². The van der Waals surface area contributed by atoms with Gasteiger partial charge in [0, 0.05) is 0 Å². The lowest BCUT2D eigenvalue weighted by Crippen LogP contribution is -1.84. The summed E-state index contributed by atoms with van der Waals surface area (Å²) in [4.78, 5) is 0. The van der Waals surface area contributed by atoms with Crippen LogP contribution in [0.4, 0.5) is 4.39 Å². The Morgan fingerprint density at radius 1 is 0.286 bits per heavy atom. The van der Waals surface area contributed by atoms with Gasteiger partial charge in [0.2, 0.25) is 0 Å². The lowest BCUT2D eigenvalue weighted by atomic mass is 9.95. The Morgan fingerprint density at radius 3 is 1.23 bits per heavy atom. The molecule has 6 rings (SSSR count). The summed E-state index contributed by atoms with van der Waals surface area (Å²) in [7, 11) is 0. The quantitative estimate of drug-likeness (QED) is 0.251. The van der Waals surface area contributed by atoms with Crippen LogP contribution < -0.4 is 0 Å². The molecule has 0 aromatic heterocycles. The first-order valence-electron chi connectivity index (χ1n) is 11.8. The zero-order valence-electron chi connectivity index (χ0n) is 19.2. The summed E-state index contributed by atoms with van der Waals surface area (Å²) in [5.74, 6) is -0.215. The van der Waals surface area contributed by atoms with Crippen molar-refractivity contribution in [1.82, 2.24) is 0 Å². The second kappa shape index (κ2) is 9.04. The summed E-state index contributed by atoms with van der Waals surface area (Å²) in [5.41, 5.74) is 9.25. The van der Waals surface area contributed by atoms with Crippen molar-refractivity contribution in [2.45, 2.75) is 0 Å². The zero-order valence-corrected chi connectivity index (χ0v) is 19.2. The van der Waals surface area contributed by atoms with Gasteiger partial charge in [0.15, 0.2) is 0 Å². The first-order valence-corrected chi connectivity index (χ1v) is 11.8. The smallest absolute Gasteiger partial charge is 0.123 e. The SMILES string of the molecule is Fc1ccc(-c2ccc(-c3cccc(-c4ccc(-c5ccc6ccccc6c5)cc4)c3)cc2)cc1. The van der Waals surface area contributed by atoms with Crippen molar-refractivity contribution >= 4 is 10.8 Å². The summed E-state index contributed by atoms with van der Waals surface area (Å²) in [6.45, 7) is 0. The number of rotatable bonds is 4. The first-order chi connectivity index (χ1) is 17.2. The van der Waals surface area contributed by atoms with Crippen LogP contribution in [0.2, 0.25) is 0 Å². The number of hydrogen-bond acceptors (Lipinski definition) is 0. The highest BCUT2D eigenvalue weighted by atomic mass is 19.1. The lowest BCUT2D eigenvalue weighted by molar-refractivity contribution is 0.628. The highest BCUT2D eigenvalue weighted by Crippen LogP contribution is 2.31. The fourth-order valence-electron chi connectivity index (χ4n) is 4.60. The number of benzene rings is 6. The Bertz CT molecular complexity index is 1610. The molecule has 0 spiro atoms. The Kier molecular flexibility index (Phi) is 5.44. The van der Waals surface area contributed by atoms with Crippen LogP contribution in [0.25, 0.3) is 55.3 Å². The minimum absolute atomic E-state index is 0.215. The van der Waals surface area contributed by atoms with Gasteiger partial charge in [-0.3, -0.25) is 0 Å². The zero-order chi connectivity index (χ0) is 23.6. The van der Waals surface area contributed by atoms with Gasteiger partial charge in [-0.15, -0.1) is 0 Å². The molecule has 0 heterocycles. The molecule has 0 aliphatic rings. The Hall–Kier alpha value is -4.49. The van der Waals surface area contributed by atoms with Crippen LogP contribution in [-0.2, 0) is 0 Å². The predicted octanol–water partition coefficient (Wildman–Crippen LogP) is 9.65. The molecule has 0 fully saturated rings. The molecule has 0 aliphatic carbocycles. The Balaban J connectivity index is 1.26. The standard InChI is InChI=1S/C34H23F/c35-34-20-18-26(19-21-34)25-8-10-27(11-9-25)31-6-3-7-32(22-31)28-12-14-29(15-13-28)33-17-16-24-4-1-2-5-30(24)23-33/h1-23H. The molecule has 0 radical (unpaired) electrons. The normalized spacial score (nSPS) is 11.0. The molecule has 0 saturated carbocycles. The van der Waals surface area contributed by atoms with Gasteiger partial charge in [-0.2, -0.15) is 0 Å². The molecule has 35 heavy (non-hydrogen) atoms. The fourth-order valence-corrected chi connectivity index (χ4v) is 4.60. The minimum atomic E-state index is -0.215. The molecule has 0 N–H and O–H groups in total. The lowest BCUT2D eigenvalue weighted by Gasteiger charge is -2.09. The minimum Gasteiger partial charge on any atom is -0.207 e. The number of fused-ring (bicyclic) bond motifs is 1. The van der Waals surface area contributed by atoms with Crippen LogP contribution in [0.3, 0.4) is 0 Å². The second-order valence-electron chi connectivity index (χ2n) is 8.80. The maximum atomic E-state index is 13.2. The van der Waals surface area contributed by atoms with Gasteiger partial charge in [0.25, 0.3) is 0 Å². The van der Waals surface area contributed by atoms with Gasteiger partial charge in [0.1, 0.15) is 5.82 Å². The molecular weight excluding hydrogens is 427 g/mol. The van der Waals surface area contributed by atoms with Crippen molar-refractivity contribution in [3.63, 3.8) is 0 Å². The van der Waals surface area contributed by atoms with Crippen molar-refractivity contribution in [2.24, 2.45) is 0 Å². The average molecular weight is 451 g/mol. The third kappa shape index (κ3) is 4.37. The van der Waals surface area contributed by atoms with E-state index in [-0.39, 0.29) is 5.82 Å². The van der Waals surface area contributed by atoms with Crippen LogP contribution in [0, 0.1) is 5.82 Å². The van der Waals surface area contributed by atoms with Gasteiger partial charge < -0.3 is 0 Å². The van der Waals surface area contributed by atoms with E-state index in [9.17, 15) is 4.39 Å². The van der Waals surface area contributed by atoms with E-state index in [1.54, 1.807) is 0 Å². The monoisotopic (exact) mass is 450 g/mol. The summed E-state index contributed by atoms with van der Waals surface area (Å²) in [5, 5.41) is 2.52. The molecule has 0 unspecified atom stereocenters. The van der Waals surface area contributed by atoms with E-state index in [1.165, 1.54) is 50.7 Å². The van der Waals surface area contributed by atoms with Gasteiger partial charge in [0.05, 0.1) is 0 Å². The van der Waals surface area contributed by atoms with Gasteiger partial charge in [-0.25, -0.2) is 4.39 Å². The highest BCUT2D eigenvalue weighted by molar-refractivity contribution is 5.87. The van der Waals surface area contributed by atoms with Crippen molar-refractivity contribution in [2.75, 3.05) is 0 Å². The molecule has 6 aromatic rings. The summed E-state index contributed by atoms with van der Waals surface area (Å²) in [6.07, 6.45) is 0. The van der Waals surface area contributed by atoms with Crippen molar-refractivity contribution in [3.05, 3.63) is 145 Å². The van der Waals surface area contributed by atoms with Crippen LogP contribution >= 0.6 is 0 Å². The van der Waals surface area contributed by atoms with E-state index < -0.39 is 0 Å². The highest BCUT2D eigenvalue weighted by Gasteiger charge is 2.05. The largest absolute Gasteiger partial charge is 0.207 e. The van der Waals surface area contributed by atoms with Gasteiger partial charge >= 0.3 is 0 Å². The molecule has 0 saturated heterocycles. The van der Waals surface area contributed by atoms with Crippen LogP contribution in [0.5, 0.6) is 0 Å². The number of hydrogen-bond donors (Lipinski definition) is 0. The summed E-state index contributed by atoms with van der Waals surface area (Å²) >= 11 is 0. The molecule has 1 heteroatoms. The molecule has 0 nitrogen and oxygen atoms in total. The number of halogens is 1. The summed E-state index contributed by atoms with van der Waals surface area (Å²) < 4.78 is 13.2. The molecule has 0 aliphatic heterocycles. The van der Waals surface area contributed by atoms with E-state index in [2.05, 4.69) is 115 Å².